The van der Waals surface area contributed by atoms with Crippen LogP contribution in [-0.4, -0.2) is 70.0 Å². The normalized spacial score (nSPS) is 25.7. The molecule has 8 nitrogen and oxygen atoms in total. The molecule has 2 aliphatic rings. The second kappa shape index (κ2) is 8.85. The van der Waals surface area contributed by atoms with Gasteiger partial charge in [-0.05, 0) is 44.9 Å². The number of carbonyl (C=O) groups excluding carboxylic acids is 1. The highest BCUT2D eigenvalue weighted by molar-refractivity contribution is 7.88. The number of rotatable bonds is 4. The van der Waals surface area contributed by atoms with Gasteiger partial charge in [0.15, 0.2) is 0 Å². The van der Waals surface area contributed by atoms with Crippen LogP contribution >= 0.6 is 0 Å². The van der Waals surface area contributed by atoms with Gasteiger partial charge in [-0.15, -0.1) is 0 Å². The van der Waals surface area contributed by atoms with Crippen LogP contribution in [0.2, 0.25) is 0 Å². The molecule has 0 radical (unpaired) electrons. The number of nitrogens with one attached hydrogen (secondary N) is 2. The van der Waals surface area contributed by atoms with Crippen LogP contribution in [0.5, 0.6) is 0 Å². The zero-order valence-corrected chi connectivity index (χ0v) is 17.8. The van der Waals surface area contributed by atoms with Crippen LogP contribution in [0.3, 0.4) is 0 Å². The molecule has 2 amide bonds. The van der Waals surface area contributed by atoms with Crippen LogP contribution in [0.4, 0.5) is 20.6 Å². The van der Waals surface area contributed by atoms with Crippen LogP contribution in [0.1, 0.15) is 26.7 Å². The summed E-state index contributed by atoms with van der Waals surface area (Å²) in [4.78, 5) is 16.0. The van der Waals surface area contributed by atoms with Gasteiger partial charge in [0, 0.05) is 37.9 Å². The quantitative estimate of drug-likeness (QED) is 0.765. The summed E-state index contributed by atoms with van der Waals surface area (Å²) in [5.41, 5.74) is 0.851. The van der Waals surface area contributed by atoms with Gasteiger partial charge in [0.25, 0.3) is 0 Å². The molecule has 0 bridgehead atoms. The number of urea groups is 1. The van der Waals surface area contributed by atoms with Crippen molar-refractivity contribution in [2.75, 3.05) is 42.7 Å². The number of benzene rings is 1. The maximum Gasteiger partial charge on any atom is 0.321 e. The minimum absolute atomic E-state index is 0.0186. The first kappa shape index (κ1) is 21.8. The third-order valence-electron chi connectivity index (χ3n) is 5.05. The molecule has 2 saturated heterocycles. The number of anilines is 2. The zero-order valence-electron chi connectivity index (χ0n) is 17.0. The van der Waals surface area contributed by atoms with Crippen LogP contribution in [0, 0.1) is 5.82 Å². The Labute approximate surface area is 171 Å². The largest absolute Gasteiger partial charge is 0.372 e. The SMILES string of the molecule is C[C@@H]1CN(c2ccc(NC(=O)N3CCC[C@H](NS(C)(=O)=O)C3)cc2F)C[C@H](C)O1. The fourth-order valence-corrected chi connectivity index (χ4v) is 4.78. The van der Waals surface area contributed by atoms with Gasteiger partial charge in [0.05, 0.1) is 24.2 Å². The van der Waals surface area contributed by atoms with Gasteiger partial charge < -0.3 is 19.9 Å². The van der Waals surface area contributed by atoms with E-state index in [0.29, 0.717) is 43.9 Å². The Morgan fingerprint density at radius 2 is 1.90 bits per heavy atom. The molecule has 2 aliphatic heterocycles. The molecule has 3 rings (SSSR count). The lowest BCUT2D eigenvalue weighted by Gasteiger charge is -2.37. The number of halogens is 1. The summed E-state index contributed by atoms with van der Waals surface area (Å²) < 4.78 is 45.8. The van der Waals surface area contributed by atoms with Crippen molar-refractivity contribution in [1.82, 2.24) is 9.62 Å². The maximum absolute atomic E-state index is 14.7. The van der Waals surface area contributed by atoms with Crippen LogP contribution in [0.15, 0.2) is 18.2 Å². The van der Waals surface area contributed by atoms with Crippen molar-refractivity contribution in [2.24, 2.45) is 0 Å². The van der Waals surface area contributed by atoms with E-state index in [9.17, 15) is 17.6 Å². The number of piperidine rings is 1. The Kier molecular flexibility index (Phi) is 6.65. The molecule has 3 atom stereocenters. The maximum atomic E-state index is 14.7. The van der Waals surface area contributed by atoms with Gasteiger partial charge in [-0.25, -0.2) is 22.3 Å². The zero-order chi connectivity index (χ0) is 21.2. The van der Waals surface area contributed by atoms with E-state index in [2.05, 4.69) is 10.0 Å². The van der Waals surface area contributed by atoms with Crippen LogP contribution in [0.25, 0.3) is 0 Å². The minimum atomic E-state index is -3.33. The Morgan fingerprint density at radius 1 is 1.21 bits per heavy atom. The van der Waals surface area contributed by atoms with Crippen molar-refractivity contribution in [3.63, 3.8) is 0 Å². The molecule has 0 unspecified atom stereocenters. The predicted molar refractivity (Wildman–Crippen MR) is 110 cm³/mol. The standard InChI is InChI=1S/C19H29FN4O4S/c1-13-10-24(11-14(2)28-13)18-7-6-15(9-17(18)20)21-19(25)23-8-4-5-16(12-23)22-29(3,26)27/h6-7,9,13-14,16,22H,4-5,8,10-12H2,1-3H3,(H,21,25)/t13-,14+,16-/m0/s1. The highest BCUT2D eigenvalue weighted by atomic mass is 32.2. The monoisotopic (exact) mass is 428 g/mol. The second-order valence-corrected chi connectivity index (χ2v) is 9.71. The van der Waals surface area contributed by atoms with E-state index in [4.69, 9.17) is 4.74 Å². The number of likely N-dealkylation sites (tertiary alicyclic amines) is 1. The number of hydrogen-bond donors (Lipinski definition) is 2. The summed E-state index contributed by atoms with van der Waals surface area (Å²) in [6.45, 7) is 5.94. The minimum Gasteiger partial charge on any atom is -0.372 e. The number of ether oxygens (including phenoxy) is 1. The third-order valence-corrected chi connectivity index (χ3v) is 5.81. The van der Waals surface area contributed by atoms with E-state index in [-0.39, 0.29) is 30.8 Å². The molecule has 162 valence electrons. The average molecular weight is 429 g/mol. The predicted octanol–water partition coefficient (Wildman–Crippen LogP) is 1.98. The number of morpholine rings is 1. The molecular formula is C19H29FN4O4S. The van der Waals surface area contributed by atoms with E-state index in [1.165, 1.54) is 6.07 Å². The number of carbonyl (C=O) groups is 1. The van der Waals surface area contributed by atoms with Crippen molar-refractivity contribution in [1.29, 1.82) is 0 Å². The summed E-state index contributed by atoms with van der Waals surface area (Å²) in [7, 11) is -3.33. The summed E-state index contributed by atoms with van der Waals surface area (Å²) in [6, 6.07) is 3.98. The topological polar surface area (TPSA) is 91.0 Å². The van der Waals surface area contributed by atoms with Gasteiger partial charge in [-0.3, -0.25) is 0 Å². The first-order valence-electron chi connectivity index (χ1n) is 9.84. The summed E-state index contributed by atoms with van der Waals surface area (Å²) in [6.07, 6.45) is 2.51. The molecule has 1 aromatic rings. The highest BCUT2D eigenvalue weighted by Gasteiger charge is 2.27. The first-order chi connectivity index (χ1) is 13.6. The van der Waals surface area contributed by atoms with Gasteiger partial charge in [-0.2, -0.15) is 0 Å². The van der Waals surface area contributed by atoms with E-state index in [1.54, 1.807) is 17.0 Å². The Hall–Kier alpha value is -1.91. The number of amides is 2. The molecule has 2 fully saturated rings. The molecule has 2 heterocycles. The first-order valence-corrected chi connectivity index (χ1v) is 11.7. The fraction of sp³-hybridized carbons (Fsp3) is 0.632. The molecule has 0 spiro atoms. The number of sulfonamides is 1. The molecule has 2 N–H and O–H groups in total. The number of nitrogens with zero attached hydrogens (tertiary/aromatic N) is 2. The molecule has 0 aromatic heterocycles. The lowest BCUT2D eigenvalue weighted by Crippen LogP contribution is -2.50. The van der Waals surface area contributed by atoms with Gasteiger partial charge in [-0.1, -0.05) is 0 Å². The third kappa shape index (κ3) is 6.03. The van der Waals surface area contributed by atoms with Crippen molar-refractivity contribution >= 4 is 27.4 Å². The van der Waals surface area contributed by atoms with Crippen molar-refractivity contribution in [3.8, 4) is 0 Å². The smallest absolute Gasteiger partial charge is 0.321 e. The van der Waals surface area contributed by atoms with Gasteiger partial charge in [0.1, 0.15) is 5.82 Å². The Balaban J connectivity index is 1.63. The summed E-state index contributed by atoms with van der Waals surface area (Å²) >= 11 is 0. The lowest BCUT2D eigenvalue weighted by molar-refractivity contribution is -0.00539. The Morgan fingerprint density at radius 3 is 2.52 bits per heavy atom. The molecular weight excluding hydrogens is 399 g/mol. The number of hydrogen-bond acceptors (Lipinski definition) is 5. The second-order valence-electron chi connectivity index (χ2n) is 7.93. The molecule has 0 aliphatic carbocycles. The van der Waals surface area contributed by atoms with Crippen molar-refractivity contribution in [3.05, 3.63) is 24.0 Å². The Bertz CT molecular complexity index is 841. The van der Waals surface area contributed by atoms with Crippen LogP contribution < -0.4 is 14.9 Å². The molecule has 0 saturated carbocycles. The fourth-order valence-electron chi connectivity index (χ4n) is 3.98. The summed E-state index contributed by atoms with van der Waals surface area (Å²) in [5, 5.41) is 2.71. The van der Waals surface area contributed by atoms with Crippen LogP contribution in [-0.2, 0) is 14.8 Å². The van der Waals surface area contributed by atoms with Crippen molar-refractivity contribution in [2.45, 2.75) is 44.9 Å². The molecule has 1 aromatic carbocycles. The van der Waals surface area contributed by atoms with E-state index in [0.717, 1.165) is 6.26 Å². The molecule has 10 heteroatoms. The van der Waals surface area contributed by atoms with E-state index in [1.807, 2.05) is 18.7 Å². The van der Waals surface area contributed by atoms with Gasteiger partial charge in [0.2, 0.25) is 10.0 Å². The van der Waals surface area contributed by atoms with E-state index >= 15 is 0 Å². The van der Waals surface area contributed by atoms with Gasteiger partial charge >= 0.3 is 6.03 Å². The molecule has 29 heavy (non-hydrogen) atoms. The average Bonchev–Trinajstić information content (AvgIpc) is 2.59. The van der Waals surface area contributed by atoms with Crippen molar-refractivity contribution < 1.29 is 22.3 Å². The lowest BCUT2D eigenvalue weighted by atomic mass is 10.1. The highest BCUT2D eigenvalue weighted by Crippen LogP contribution is 2.26. The summed E-state index contributed by atoms with van der Waals surface area (Å²) in [5.74, 6) is -0.403. The van der Waals surface area contributed by atoms with E-state index < -0.39 is 15.8 Å².